The van der Waals surface area contributed by atoms with Crippen LogP contribution in [0.3, 0.4) is 0 Å². The van der Waals surface area contributed by atoms with Crippen LogP contribution in [0.4, 0.5) is 0 Å². The van der Waals surface area contributed by atoms with Crippen molar-refractivity contribution in [3.8, 4) is 5.75 Å². The third kappa shape index (κ3) is 3.69. The van der Waals surface area contributed by atoms with Gasteiger partial charge in [-0.05, 0) is 49.7 Å². The molecule has 2 aromatic carbocycles. The highest BCUT2D eigenvalue weighted by molar-refractivity contribution is 5.94. The first kappa shape index (κ1) is 16.2. The first-order chi connectivity index (χ1) is 12.3. The summed E-state index contributed by atoms with van der Waals surface area (Å²) in [5.74, 6) is 0.867. The highest BCUT2D eigenvalue weighted by Crippen LogP contribution is 2.31. The van der Waals surface area contributed by atoms with Crippen LogP contribution in [-0.2, 0) is 6.54 Å². The molecular formula is C21H24N2O2. The van der Waals surface area contributed by atoms with Gasteiger partial charge >= 0.3 is 0 Å². The van der Waals surface area contributed by atoms with E-state index in [0.29, 0.717) is 6.61 Å². The van der Waals surface area contributed by atoms with Gasteiger partial charge in [-0.1, -0.05) is 30.3 Å². The summed E-state index contributed by atoms with van der Waals surface area (Å²) in [5.41, 5.74) is 3.01. The van der Waals surface area contributed by atoms with E-state index >= 15 is 0 Å². The first-order valence-electron chi connectivity index (χ1n) is 9.13. The summed E-state index contributed by atoms with van der Waals surface area (Å²) in [6.45, 7) is 3.89. The van der Waals surface area contributed by atoms with E-state index in [2.05, 4.69) is 16.3 Å². The number of nitrogens with zero attached hydrogens (tertiary/aromatic N) is 1. The number of carbonyl (C=O) groups is 1. The van der Waals surface area contributed by atoms with Crippen LogP contribution >= 0.6 is 0 Å². The lowest BCUT2D eigenvalue weighted by atomic mass is 10.00. The summed E-state index contributed by atoms with van der Waals surface area (Å²) in [6.07, 6.45) is 3.36. The molecule has 130 valence electrons. The van der Waals surface area contributed by atoms with Crippen LogP contribution in [0.25, 0.3) is 0 Å². The van der Waals surface area contributed by atoms with Gasteiger partial charge in [-0.3, -0.25) is 9.69 Å². The minimum absolute atomic E-state index is 0.00928. The number of fused-ring (bicyclic) bond motifs is 1. The molecule has 2 aromatic rings. The largest absolute Gasteiger partial charge is 0.493 e. The van der Waals surface area contributed by atoms with Crippen molar-refractivity contribution in [1.82, 2.24) is 10.2 Å². The summed E-state index contributed by atoms with van der Waals surface area (Å²) < 4.78 is 5.68. The molecule has 0 bridgehead atoms. The molecule has 0 radical (unpaired) electrons. The summed E-state index contributed by atoms with van der Waals surface area (Å²) in [5, 5.41) is 3.18. The normalized spacial score (nSPS) is 19.9. The Labute approximate surface area is 148 Å². The Morgan fingerprint density at radius 2 is 1.96 bits per heavy atom. The van der Waals surface area contributed by atoms with E-state index in [1.807, 2.05) is 42.5 Å². The Morgan fingerprint density at radius 1 is 1.12 bits per heavy atom. The van der Waals surface area contributed by atoms with E-state index in [4.69, 9.17) is 4.74 Å². The van der Waals surface area contributed by atoms with Gasteiger partial charge in [0.1, 0.15) is 5.75 Å². The van der Waals surface area contributed by atoms with Crippen LogP contribution in [-0.4, -0.2) is 30.5 Å². The maximum Gasteiger partial charge on any atom is 0.251 e. The van der Waals surface area contributed by atoms with Crippen LogP contribution in [0.15, 0.2) is 48.5 Å². The number of hydrogen-bond acceptors (Lipinski definition) is 3. The average molecular weight is 336 g/mol. The number of benzene rings is 2. The molecule has 4 nitrogen and oxygen atoms in total. The molecule has 0 aromatic heterocycles. The number of hydrogen-bond donors (Lipinski definition) is 1. The predicted octanol–water partition coefficient (Wildman–Crippen LogP) is 3.54. The van der Waals surface area contributed by atoms with Crippen molar-refractivity contribution in [3.05, 3.63) is 65.2 Å². The number of rotatable bonds is 4. The zero-order valence-corrected chi connectivity index (χ0v) is 14.4. The molecule has 1 amide bonds. The third-order valence-corrected chi connectivity index (χ3v) is 5.06. The standard InChI is InChI=1S/C21H24N2O2/c24-21(22-19-10-13-25-20-9-2-1-8-18(19)20)17-7-5-6-16(14-17)15-23-11-3-4-12-23/h1-2,5-9,14,19H,3-4,10-13,15H2,(H,22,24). The van der Waals surface area contributed by atoms with Crippen molar-refractivity contribution in [2.45, 2.75) is 31.8 Å². The van der Waals surface area contributed by atoms with E-state index in [9.17, 15) is 4.79 Å². The maximum atomic E-state index is 12.7. The number of amides is 1. The predicted molar refractivity (Wildman–Crippen MR) is 97.7 cm³/mol. The Hall–Kier alpha value is -2.33. The Balaban J connectivity index is 1.46. The quantitative estimate of drug-likeness (QED) is 0.928. The fourth-order valence-corrected chi connectivity index (χ4v) is 3.74. The van der Waals surface area contributed by atoms with Crippen LogP contribution in [0.2, 0.25) is 0 Å². The lowest BCUT2D eigenvalue weighted by Crippen LogP contribution is -2.32. The third-order valence-electron chi connectivity index (χ3n) is 5.06. The molecule has 2 aliphatic heterocycles. The van der Waals surface area contributed by atoms with E-state index < -0.39 is 0 Å². The highest BCUT2D eigenvalue weighted by Gasteiger charge is 2.23. The van der Waals surface area contributed by atoms with Crippen molar-refractivity contribution >= 4 is 5.91 Å². The number of likely N-dealkylation sites (tertiary alicyclic amines) is 1. The van der Waals surface area contributed by atoms with Crippen molar-refractivity contribution in [2.75, 3.05) is 19.7 Å². The molecule has 0 spiro atoms. The average Bonchev–Trinajstić information content (AvgIpc) is 3.15. The Bertz CT molecular complexity index is 753. The van der Waals surface area contributed by atoms with Gasteiger partial charge in [0.15, 0.2) is 0 Å². The van der Waals surface area contributed by atoms with Gasteiger partial charge in [-0.2, -0.15) is 0 Å². The van der Waals surface area contributed by atoms with Gasteiger partial charge in [0, 0.05) is 24.1 Å². The molecule has 1 unspecified atom stereocenters. The van der Waals surface area contributed by atoms with E-state index in [0.717, 1.165) is 42.9 Å². The molecule has 4 heteroatoms. The van der Waals surface area contributed by atoms with Crippen molar-refractivity contribution in [1.29, 1.82) is 0 Å². The molecule has 1 saturated heterocycles. The number of para-hydroxylation sites is 1. The van der Waals surface area contributed by atoms with Crippen LogP contribution in [0.1, 0.15) is 46.8 Å². The molecule has 2 heterocycles. The van der Waals surface area contributed by atoms with E-state index in [1.165, 1.54) is 18.4 Å². The van der Waals surface area contributed by atoms with E-state index in [-0.39, 0.29) is 11.9 Å². The summed E-state index contributed by atoms with van der Waals surface area (Å²) >= 11 is 0. The van der Waals surface area contributed by atoms with Crippen molar-refractivity contribution < 1.29 is 9.53 Å². The van der Waals surface area contributed by atoms with Gasteiger partial charge in [0.25, 0.3) is 5.91 Å². The lowest BCUT2D eigenvalue weighted by molar-refractivity contribution is 0.0924. The molecule has 0 saturated carbocycles. The number of ether oxygens (including phenoxy) is 1. The van der Waals surface area contributed by atoms with Crippen molar-refractivity contribution in [3.63, 3.8) is 0 Å². The topological polar surface area (TPSA) is 41.6 Å². The number of nitrogens with one attached hydrogen (secondary N) is 1. The second kappa shape index (κ2) is 7.28. The highest BCUT2D eigenvalue weighted by atomic mass is 16.5. The Morgan fingerprint density at radius 3 is 2.84 bits per heavy atom. The zero-order valence-electron chi connectivity index (χ0n) is 14.4. The second-order valence-corrected chi connectivity index (χ2v) is 6.88. The molecule has 1 fully saturated rings. The summed E-state index contributed by atoms with van der Waals surface area (Å²) in [4.78, 5) is 15.2. The molecular weight excluding hydrogens is 312 g/mol. The van der Waals surface area contributed by atoms with Crippen LogP contribution < -0.4 is 10.1 Å². The molecule has 1 atom stereocenters. The molecule has 1 N–H and O–H groups in total. The van der Waals surface area contributed by atoms with E-state index in [1.54, 1.807) is 0 Å². The Kier molecular flexibility index (Phi) is 4.70. The molecule has 0 aliphatic carbocycles. The van der Waals surface area contributed by atoms with Gasteiger partial charge in [0.05, 0.1) is 12.6 Å². The zero-order chi connectivity index (χ0) is 17.1. The van der Waals surface area contributed by atoms with Crippen molar-refractivity contribution in [2.24, 2.45) is 0 Å². The molecule has 2 aliphatic rings. The monoisotopic (exact) mass is 336 g/mol. The second-order valence-electron chi connectivity index (χ2n) is 6.88. The van der Waals surface area contributed by atoms with Crippen LogP contribution in [0.5, 0.6) is 5.75 Å². The van der Waals surface area contributed by atoms with Gasteiger partial charge < -0.3 is 10.1 Å². The summed E-state index contributed by atoms with van der Waals surface area (Å²) in [7, 11) is 0. The fraction of sp³-hybridized carbons (Fsp3) is 0.381. The van der Waals surface area contributed by atoms with Gasteiger partial charge in [-0.25, -0.2) is 0 Å². The minimum atomic E-state index is -0.00928. The van der Waals surface area contributed by atoms with Crippen LogP contribution in [0, 0.1) is 0 Å². The smallest absolute Gasteiger partial charge is 0.251 e. The summed E-state index contributed by atoms with van der Waals surface area (Å²) in [6, 6.07) is 16.0. The lowest BCUT2D eigenvalue weighted by Gasteiger charge is -2.26. The maximum absolute atomic E-state index is 12.7. The number of carbonyl (C=O) groups excluding carboxylic acids is 1. The SMILES string of the molecule is O=C(NC1CCOc2ccccc21)c1cccc(CN2CCCC2)c1. The molecule has 4 rings (SSSR count). The molecule has 25 heavy (non-hydrogen) atoms. The van der Waals surface area contributed by atoms with Gasteiger partial charge in [-0.15, -0.1) is 0 Å². The minimum Gasteiger partial charge on any atom is -0.493 e. The first-order valence-corrected chi connectivity index (χ1v) is 9.13. The van der Waals surface area contributed by atoms with Gasteiger partial charge in [0.2, 0.25) is 0 Å². The fourth-order valence-electron chi connectivity index (χ4n) is 3.74.